The number of carbonyl (C=O) groups excluding carboxylic acids is 1. The van der Waals surface area contributed by atoms with Gasteiger partial charge in [-0.25, -0.2) is 0 Å². The van der Waals surface area contributed by atoms with E-state index in [-0.39, 0.29) is 19.1 Å². The average molecular weight is 357 g/mol. The van der Waals surface area contributed by atoms with Crippen molar-refractivity contribution in [3.05, 3.63) is 46.7 Å². The molecule has 6 heteroatoms. The van der Waals surface area contributed by atoms with E-state index in [0.717, 1.165) is 36.2 Å². The zero-order chi connectivity index (χ0) is 18.3. The summed E-state index contributed by atoms with van der Waals surface area (Å²) in [6.07, 6.45) is 5.94. The quantitative estimate of drug-likeness (QED) is 0.872. The highest BCUT2D eigenvalue weighted by Gasteiger charge is 2.52. The first kappa shape index (κ1) is 17.0. The van der Waals surface area contributed by atoms with Crippen molar-refractivity contribution in [1.29, 1.82) is 0 Å². The van der Waals surface area contributed by atoms with Crippen LogP contribution >= 0.6 is 0 Å². The SMILES string of the molecule is COc1cc2c(cc1OC)[C@]13CCC(OCCO)=CC1=CC(=O)N3CC2. The Labute approximate surface area is 152 Å². The van der Waals surface area contributed by atoms with Crippen LogP contribution in [-0.2, 0) is 21.5 Å². The maximum Gasteiger partial charge on any atom is 0.247 e. The lowest BCUT2D eigenvalue weighted by molar-refractivity contribution is -0.130. The zero-order valence-electron chi connectivity index (χ0n) is 15.1. The van der Waals surface area contributed by atoms with Gasteiger partial charge < -0.3 is 24.2 Å². The Balaban J connectivity index is 1.83. The van der Waals surface area contributed by atoms with Crippen LogP contribution < -0.4 is 9.47 Å². The van der Waals surface area contributed by atoms with E-state index < -0.39 is 5.54 Å². The maximum absolute atomic E-state index is 12.7. The molecular formula is C20H23NO5. The highest BCUT2D eigenvalue weighted by atomic mass is 16.5. The van der Waals surface area contributed by atoms with Crippen LogP contribution in [0.4, 0.5) is 0 Å². The van der Waals surface area contributed by atoms with Crippen molar-refractivity contribution < 1.29 is 24.1 Å². The molecule has 0 radical (unpaired) electrons. The van der Waals surface area contributed by atoms with Crippen LogP contribution in [0.2, 0.25) is 0 Å². The summed E-state index contributed by atoms with van der Waals surface area (Å²) in [5.74, 6) is 2.25. The van der Waals surface area contributed by atoms with Crippen molar-refractivity contribution in [1.82, 2.24) is 4.90 Å². The summed E-state index contributed by atoms with van der Waals surface area (Å²) in [6.45, 7) is 0.930. The lowest BCUT2D eigenvalue weighted by atomic mass is 9.71. The van der Waals surface area contributed by atoms with E-state index in [4.69, 9.17) is 19.3 Å². The predicted octanol–water partition coefficient (Wildman–Crippen LogP) is 1.91. The number of amides is 1. The van der Waals surface area contributed by atoms with Gasteiger partial charge >= 0.3 is 0 Å². The number of rotatable bonds is 5. The number of nitrogens with zero attached hydrogens (tertiary/aromatic N) is 1. The number of aliphatic hydroxyl groups excluding tert-OH is 1. The van der Waals surface area contributed by atoms with Crippen molar-refractivity contribution in [2.24, 2.45) is 0 Å². The third-order valence-electron chi connectivity index (χ3n) is 5.57. The van der Waals surface area contributed by atoms with Gasteiger partial charge in [-0.1, -0.05) is 0 Å². The molecule has 1 atom stereocenters. The molecule has 0 saturated heterocycles. The van der Waals surface area contributed by atoms with Gasteiger partial charge in [-0.05, 0) is 47.8 Å². The number of ether oxygens (including phenoxy) is 3. The molecule has 6 nitrogen and oxygen atoms in total. The number of carbonyl (C=O) groups is 1. The molecule has 0 bridgehead atoms. The highest BCUT2D eigenvalue weighted by molar-refractivity contribution is 5.95. The number of aliphatic hydroxyl groups is 1. The van der Waals surface area contributed by atoms with Gasteiger partial charge in [-0.2, -0.15) is 0 Å². The fourth-order valence-corrected chi connectivity index (χ4v) is 4.44. The first-order valence-electron chi connectivity index (χ1n) is 8.87. The first-order valence-corrected chi connectivity index (χ1v) is 8.87. The number of allylic oxidation sites excluding steroid dienone is 1. The van der Waals surface area contributed by atoms with Gasteiger partial charge in [0, 0.05) is 19.0 Å². The molecule has 1 amide bonds. The molecule has 138 valence electrons. The number of benzene rings is 1. The number of hydrogen-bond acceptors (Lipinski definition) is 5. The second kappa shape index (κ2) is 6.36. The minimum atomic E-state index is -0.462. The van der Waals surface area contributed by atoms with Crippen LogP contribution in [0, 0.1) is 0 Å². The third kappa shape index (κ3) is 2.32. The lowest BCUT2D eigenvalue weighted by Gasteiger charge is -2.47. The molecule has 1 aromatic carbocycles. The molecule has 1 spiro atoms. The van der Waals surface area contributed by atoms with Gasteiger partial charge in [-0.15, -0.1) is 0 Å². The monoisotopic (exact) mass is 357 g/mol. The Bertz CT molecular complexity index is 813. The topological polar surface area (TPSA) is 68.2 Å². The minimum absolute atomic E-state index is 0.0214. The van der Waals surface area contributed by atoms with Crippen LogP contribution in [0.5, 0.6) is 11.5 Å². The van der Waals surface area contributed by atoms with Crippen molar-refractivity contribution in [3.8, 4) is 11.5 Å². The molecule has 4 rings (SSSR count). The largest absolute Gasteiger partial charge is 0.496 e. The Morgan fingerprint density at radius 1 is 1.15 bits per heavy atom. The second-order valence-electron chi connectivity index (χ2n) is 6.75. The molecule has 0 aromatic heterocycles. The predicted molar refractivity (Wildman–Crippen MR) is 95.1 cm³/mol. The standard InChI is InChI=1S/C20H23NO5/c1-24-17-9-13-4-6-21-19(23)11-14-10-15(26-8-7-22)3-5-20(14,21)16(13)12-18(17)25-2/h9-12,22H,3-8H2,1-2H3/t20-/m0/s1. The van der Waals surface area contributed by atoms with Gasteiger partial charge in [0.1, 0.15) is 6.61 Å². The van der Waals surface area contributed by atoms with Crippen molar-refractivity contribution in [2.45, 2.75) is 24.8 Å². The van der Waals surface area contributed by atoms with Crippen molar-refractivity contribution in [2.75, 3.05) is 34.0 Å². The van der Waals surface area contributed by atoms with Gasteiger partial charge in [0.15, 0.2) is 11.5 Å². The van der Waals surface area contributed by atoms with Crippen molar-refractivity contribution >= 4 is 5.91 Å². The van der Waals surface area contributed by atoms with Crippen molar-refractivity contribution in [3.63, 3.8) is 0 Å². The number of methoxy groups -OCH3 is 2. The number of fused-ring (bicyclic) bond motifs is 1. The normalized spacial score (nSPS) is 23.5. The molecule has 0 unspecified atom stereocenters. The van der Waals surface area contributed by atoms with E-state index in [9.17, 15) is 4.79 Å². The van der Waals surface area contributed by atoms with E-state index in [1.807, 2.05) is 23.1 Å². The van der Waals surface area contributed by atoms with E-state index in [0.29, 0.717) is 18.0 Å². The molecule has 3 aliphatic rings. The van der Waals surface area contributed by atoms with Gasteiger partial charge in [0.25, 0.3) is 0 Å². The summed E-state index contributed by atoms with van der Waals surface area (Å²) in [5, 5.41) is 8.99. The lowest BCUT2D eigenvalue weighted by Crippen LogP contribution is -2.51. The molecule has 2 aliphatic heterocycles. The fourth-order valence-electron chi connectivity index (χ4n) is 4.44. The van der Waals surface area contributed by atoms with Crippen LogP contribution in [0.1, 0.15) is 24.0 Å². The second-order valence-corrected chi connectivity index (χ2v) is 6.75. The van der Waals surface area contributed by atoms with Crippen LogP contribution in [0.15, 0.2) is 35.6 Å². The summed E-state index contributed by atoms with van der Waals surface area (Å²) < 4.78 is 16.6. The van der Waals surface area contributed by atoms with Gasteiger partial charge in [0.05, 0.1) is 32.1 Å². The Hall–Kier alpha value is -2.47. The Kier molecular flexibility index (Phi) is 4.15. The highest BCUT2D eigenvalue weighted by Crippen LogP contribution is 2.53. The smallest absolute Gasteiger partial charge is 0.247 e. The first-order chi connectivity index (χ1) is 12.6. The van der Waals surface area contributed by atoms with E-state index in [1.165, 1.54) is 5.56 Å². The Morgan fingerprint density at radius 2 is 1.92 bits per heavy atom. The molecule has 1 N–H and O–H groups in total. The van der Waals surface area contributed by atoms with Crippen LogP contribution in [0.25, 0.3) is 0 Å². The molecule has 26 heavy (non-hydrogen) atoms. The van der Waals surface area contributed by atoms with E-state index in [2.05, 4.69) is 0 Å². The molecule has 0 saturated carbocycles. The number of hydrogen-bond donors (Lipinski definition) is 1. The van der Waals surface area contributed by atoms with Gasteiger partial charge in [-0.3, -0.25) is 4.79 Å². The van der Waals surface area contributed by atoms with E-state index >= 15 is 0 Å². The summed E-state index contributed by atoms with van der Waals surface area (Å²) in [7, 11) is 3.26. The minimum Gasteiger partial charge on any atom is -0.496 e. The third-order valence-corrected chi connectivity index (χ3v) is 5.57. The van der Waals surface area contributed by atoms with Crippen LogP contribution in [0.3, 0.4) is 0 Å². The molecule has 2 heterocycles. The molecule has 1 aromatic rings. The summed E-state index contributed by atoms with van der Waals surface area (Å²) in [5.41, 5.74) is 2.79. The summed E-state index contributed by atoms with van der Waals surface area (Å²) in [4.78, 5) is 14.6. The van der Waals surface area contributed by atoms with Crippen LogP contribution in [-0.4, -0.2) is 49.9 Å². The zero-order valence-corrected chi connectivity index (χ0v) is 15.1. The fraction of sp³-hybridized carbons (Fsp3) is 0.450. The molecule has 1 aliphatic carbocycles. The average Bonchev–Trinajstić information content (AvgIpc) is 2.96. The summed E-state index contributed by atoms with van der Waals surface area (Å²) >= 11 is 0. The van der Waals surface area contributed by atoms with Gasteiger partial charge in [0.2, 0.25) is 5.91 Å². The van der Waals surface area contributed by atoms with E-state index in [1.54, 1.807) is 20.3 Å². The molecular weight excluding hydrogens is 334 g/mol. The maximum atomic E-state index is 12.7. The molecule has 0 fully saturated rings. The summed E-state index contributed by atoms with van der Waals surface area (Å²) in [6, 6.07) is 4.04. The Morgan fingerprint density at radius 3 is 2.65 bits per heavy atom.